The number of hydrogen-bond acceptors (Lipinski definition) is 2. The summed E-state index contributed by atoms with van der Waals surface area (Å²) in [6.45, 7) is 4.44. The van der Waals surface area contributed by atoms with Crippen LogP contribution in [-0.2, 0) is 4.79 Å². The molecule has 0 radical (unpaired) electrons. The Kier molecular flexibility index (Phi) is 2.23. The fourth-order valence-corrected chi connectivity index (χ4v) is 3.55. The molecule has 86 valence electrons. The van der Waals surface area contributed by atoms with E-state index in [-0.39, 0.29) is 5.41 Å². The number of fused-ring (bicyclic) bond motifs is 2. The van der Waals surface area contributed by atoms with E-state index in [1.54, 1.807) is 0 Å². The van der Waals surface area contributed by atoms with Gasteiger partial charge in [-0.3, -0.25) is 4.79 Å². The molecule has 2 fully saturated rings. The minimum Gasteiger partial charge on any atom is -0.480 e. The summed E-state index contributed by atoms with van der Waals surface area (Å²) in [5.41, 5.74) is 5.78. The number of aliphatic carboxylic acids is 1. The third-order valence-corrected chi connectivity index (χ3v) is 4.55. The van der Waals surface area contributed by atoms with Gasteiger partial charge in [0, 0.05) is 1.37 Å². The van der Waals surface area contributed by atoms with Crippen LogP contribution >= 0.6 is 0 Å². The smallest absolute Gasteiger partial charge is 0.320 e. The Bertz CT molecular complexity index is 318. The maximum atomic E-state index is 10.8. The van der Waals surface area contributed by atoms with Gasteiger partial charge in [-0.05, 0) is 48.8 Å². The van der Waals surface area contributed by atoms with E-state index in [1.165, 1.54) is 6.42 Å². The molecule has 2 aliphatic rings. The van der Waals surface area contributed by atoms with Crippen LogP contribution in [0.15, 0.2) is 0 Å². The monoisotopic (exact) mass is 212 g/mol. The molecule has 0 heterocycles. The summed E-state index contributed by atoms with van der Waals surface area (Å²) in [5, 5.41) is 8.85. The van der Waals surface area contributed by atoms with Crippen LogP contribution in [0.5, 0.6) is 0 Å². The first-order valence-electron chi connectivity index (χ1n) is 6.26. The summed E-state index contributed by atoms with van der Waals surface area (Å²) in [5.74, 6) is -0.692. The van der Waals surface area contributed by atoms with Crippen molar-refractivity contribution in [2.24, 2.45) is 28.9 Å². The van der Waals surface area contributed by atoms with Gasteiger partial charge in [0.25, 0.3) is 0 Å². The number of carboxylic acids is 1. The first kappa shape index (κ1) is 9.64. The van der Waals surface area contributed by atoms with Crippen LogP contribution < -0.4 is 5.73 Å². The molecule has 2 saturated carbocycles. The predicted octanol–water partition coefficient (Wildman–Crippen LogP) is 1.86. The number of carbonyl (C=O) groups is 1. The summed E-state index contributed by atoms with van der Waals surface area (Å²) >= 11 is 0. The normalized spacial score (nSPS) is 45.1. The van der Waals surface area contributed by atoms with E-state index in [1.807, 2.05) is 0 Å². The zero-order valence-electron chi connectivity index (χ0n) is 10.5. The van der Waals surface area contributed by atoms with Crippen molar-refractivity contribution in [3.63, 3.8) is 0 Å². The van der Waals surface area contributed by atoms with Crippen molar-refractivity contribution in [2.45, 2.75) is 45.6 Å². The summed E-state index contributed by atoms with van der Waals surface area (Å²) < 4.78 is 8.50. The lowest BCUT2D eigenvalue weighted by Crippen LogP contribution is -2.34. The van der Waals surface area contributed by atoms with Gasteiger partial charge in [-0.2, -0.15) is 0 Å². The second-order valence-electron chi connectivity index (χ2n) is 5.66. The number of hydrogen-bond donors (Lipinski definition) is 2. The van der Waals surface area contributed by atoms with E-state index in [0.29, 0.717) is 18.3 Å². The Labute approximate surface area is 92.4 Å². The van der Waals surface area contributed by atoms with Crippen LogP contribution in [0, 0.1) is 23.1 Å². The van der Waals surface area contributed by atoms with Gasteiger partial charge < -0.3 is 10.8 Å². The number of rotatable bonds is 3. The molecule has 2 rings (SSSR count). The van der Waals surface area contributed by atoms with Crippen LogP contribution in [0.25, 0.3) is 0 Å². The Morgan fingerprint density at radius 1 is 1.67 bits per heavy atom. The van der Waals surface area contributed by atoms with Gasteiger partial charge in [-0.1, -0.05) is 13.8 Å². The van der Waals surface area contributed by atoms with Crippen LogP contribution in [-0.4, -0.2) is 17.1 Å². The molecule has 2 unspecified atom stereocenters. The molecule has 0 aromatic rings. The third-order valence-electron chi connectivity index (χ3n) is 4.55. The molecular weight excluding hydrogens is 190 g/mol. The van der Waals surface area contributed by atoms with Crippen molar-refractivity contribution >= 4 is 5.97 Å². The summed E-state index contributed by atoms with van der Waals surface area (Å²) in [7, 11) is 0. The lowest BCUT2D eigenvalue weighted by atomic mass is 9.78. The maximum Gasteiger partial charge on any atom is 0.320 e. The molecule has 2 aliphatic carbocycles. The highest BCUT2D eigenvalue weighted by Crippen LogP contribution is 2.61. The largest absolute Gasteiger partial charge is 0.480 e. The van der Waals surface area contributed by atoms with Gasteiger partial charge in [0.2, 0.25) is 0 Å². The van der Waals surface area contributed by atoms with Crippen LogP contribution in [0.3, 0.4) is 0 Å². The van der Waals surface area contributed by atoms with Crippen LogP contribution in [0.2, 0.25) is 0 Å². The van der Waals surface area contributed by atoms with E-state index >= 15 is 0 Å². The topological polar surface area (TPSA) is 63.3 Å². The zero-order chi connectivity index (χ0) is 12.1. The summed E-state index contributed by atoms with van der Waals surface area (Å²) in [6.07, 6.45) is 3.38. The molecule has 0 aromatic carbocycles. The van der Waals surface area contributed by atoms with Crippen LogP contribution in [0.1, 0.15) is 40.9 Å². The van der Waals surface area contributed by atoms with Gasteiger partial charge in [-0.25, -0.2) is 0 Å². The highest BCUT2D eigenvalue weighted by atomic mass is 16.4. The minimum absolute atomic E-state index is 0.194. The Morgan fingerprint density at radius 2 is 2.33 bits per heavy atom. The molecule has 0 aliphatic heterocycles. The minimum atomic E-state index is -0.979. The van der Waals surface area contributed by atoms with Crippen molar-refractivity contribution < 1.29 is 11.3 Å². The Hall–Kier alpha value is -0.570. The average molecular weight is 212 g/mol. The first-order chi connectivity index (χ1) is 7.27. The summed E-state index contributed by atoms with van der Waals surface area (Å²) in [4.78, 5) is 10.8. The molecule has 0 saturated heterocycles. The van der Waals surface area contributed by atoms with Crippen LogP contribution in [0.4, 0.5) is 0 Å². The fraction of sp³-hybridized carbons (Fsp3) is 0.917. The number of carboxylic acid groups (broad SMARTS) is 1. The third kappa shape index (κ3) is 1.67. The second-order valence-corrected chi connectivity index (χ2v) is 5.66. The van der Waals surface area contributed by atoms with Gasteiger partial charge in [0.15, 0.2) is 0 Å². The number of nitrogens with two attached hydrogens (primary N) is 1. The van der Waals surface area contributed by atoms with E-state index in [2.05, 4.69) is 13.8 Å². The maximum absolute atomic E-state index is 10.8. The van der Waals surface area contributed by atoms with Gasteiger partial charge >= 0.3 is 5.97 Å². The molecule has 0 spiro atoms. The fourth-order valence-electron chi connectivity index (χ4n) is 3.55. The van der Waals surface area contributed by atoms with Crippen molar-refractivity contribution in [1.29, 1.82) is 0 Å². The molecule has 3 nitrogen and oxygen atoms in total. The first-order valence-corrected chi connectivity index (χ1v) is 5.76. The average Bonchev–Trinajstić information content (AvgIpc) is 2.51. The second kappa shape index (κ2) is 3.48. The molecule has 0 amide bonds. The molecule has 15 heavy (non-hydrogen) atoms. The molecule has 3 heteroatoms. The van der Waals surface area contributed by atoms with E-state index < -0.39 is 17.9 Å². The molecule has 3 N–H and O–H groups in total. The lowest BCUT2D eigenvalue weighted by molar-refractivity contribution is -0.139. The van der Waals surface area contributed by atoms with Crippen molar-refractivity contribution in [3.05, 3.63) is 0 Å². The van der Waals surface area contributed by atoms with E-state index in [4.69, 9.17) is 12.2 Å². The quantitative estimate of drug-likeness (QED) is 0.750. The lowest BCUT2D eigenvalue weighted by Gasteiger charge is -2.27. The molecule has 0 aromatic heterocycles. The highest BCUT2D eigenvalue weighted by molar-refractivity contribution is 5.73. The predicted molar refractivity (Wildman–Crippen MR) is 58.3 cm³/mol. The summed E-state index contributed by atoms with van der Waals surface area (Å²) in [6, 6.07) is -0.882. The molecule has 2 bridgehead atoms. The van der Waals surface area contributed by atoms with Crippen molar-refractivity contribution in [1.82, 2.24) is 0 Å². The van der Waals surface area contributed by atoms with Gasteiger partial charge in [-0.15, -0.1) is 0 Å². The van der Waals surface area contributed by atoms with E-state index in [0.717, 1.165) is 12.8 Å². The van der Waals surface area contributed by atoms with Crippen molar-refractivity contribution in [2.75, 3.05) is 0 Å². The molecule has 4 atom stereocenters. The Morgan fingerprint density at radius 3 is 2.73 bits per heavy atom. The highest BCUT2D eigenvalue weighted by Gasteiger charge is 2.53. The van der Waals surface area contributed by atoms with Gasteiger partial charge in [0.05, 0.1) is 0 Å². The van der Waals surface area contributed by atoms with Crippen molar-refractivity contribution in [3.8, 4) is 0 Å². The Balaban J connectivity index is 2.14. The zero-order valence-corrected chi connectivity index (χ0v) is 9.49. The van der Waals surface area contributed by atoms with E-state index in [9.17, 15) is 4.79 Å². The molecular formula is C12H21NO2. The van der Waals surface area contributed by atoms with Gasteiger partial charge in [0.1, 0.15) is 6.04 Å². The standard InChI is InChI=1S/C12H21NO2/c1-12(2)8-3-4-9(12)7(5-8)6-10(13)11(14)15/h7-10H,3-6,13H2,1-2H3,(H,14,15)/t7-,8?,9?,10+/m1/s1/i7D. The SMILES string of the molecule is [2H][C@]1(C[C@H](N)C(=O)O)CC2CCC1C2(C)C.